The molecule has 3 aliphatic rings. The summed E-state index contributed by atoms with van der Waals surface area (Å²) in [5.41, 5.74) is 0.164. The summed E-state index contributed by atoms with van der Waals surface area (Å²) in [4.78, 5) is 66.6. The first-order chi connectivity index (χ1) is 29.1. The molecule has 1 aromatic carbocycles. The molecular weight excluding hydrogens is 803 g/mol. The van der Waals surface area contributed by atoms with Crippen LogP contribution in [0.5, 0.6) is 0 Å². The second-order valence-electron chi connectivity index (χ2n) is 14.8. The van der Waals surface area contributed by atoms with Gasteiger partial charge in [-0.1, -0.05) is 22.4 Å². The molecule has 0 unspecified atom stereocenters. The number of halogens is 2. The highest BCUT2D eigenvalue weighted by Crippen LogP contribution is 2.62. The summed E-state index contributed by atoms with van der Waals surface area (Å²) in [5, 5.41) is 11.5. The molecule has 9 rings (SSSR count). The molecular formula is C40H38F2N10O7S. The number of nitrogens with zero attached hydrogens (tertiary/aromatic N) is 8. The third-order valence-corrected chi connectivity index (χ3v) is 12.9. The van der Waals surface area contributed by atoms with E-state index in [0.717, 1.165) is 48.4 Å². The molecule has 0 radical (unpaired) electrons. The monoisotopic (exact) mass is 840 g/mol. The van der Waals surface area contributed by atoms with Gasteiger partial charge in [0, 0.05) is 37.3 Å². The van der Waals surface area contributed by atoms with Crippen molar-refractivity contribution >= 4 is 39.2 Å². The molecule has 6 aromatic rings. The molecule has 17 nitrogen and oxygen atoms in total. The summed E-state index contributed by atoms with van der Waals surface area (Å²) >= 11 is 0. The maximum Gasteiger partial charge on any atom is 0.335 e. The predicted octanol–water partition coefficient (Wildman–Crippen LogP) is 4.85. The average Bonchev–Trinajstić information content (AvgIpc) is 3.98. The SMILES string of the molecule is Cn1c(=O)n(-c2ccc(C[C@H](NC(=O)c3cc(F)c(NS4(c5ccc(-n6cc(C7CC7)nn6)cn5)OCO4)cc3F)C(=O)OC3CCCCC3)nc2)c(=O)c2ccncc21. The van der Waals surface area contributed by atoms with Crippen LogP contribution >= 0.6 is 10.8 Å². The molecule has 20 heteroatoms. The molecule has 5 aromatic heterocycles. The molecule has 310 valence electrons. The number of rotatable bonds is 12. The smallest absolute Gasteiger partial charge is 0.335 e. The molecule has 1 aliphatic heterocycles. The van der Waals surface area contributed by atoms with E-state index in [1.807, 2.05) is 6.20 Å². The number of amides is 1. The van der Waals surface area contributed by atoms with Crippen molar-refractivity contribution in [1.82, 2.24) is 44.4 Å². The Hall–Kier alpha value is -6.38. The van der Waals surface area contributed by atoms with Gasteiger partial charge in [-0.15, -0.1) is 5.10 Å². The van der Waals surface area contributed by atoms with Crippen molar-refractivity contribution < 1.29 is 31.5 Å². The highest BCUT2D eigenvalue weighted by Gasteiger charge is 2.36. The number of hydrogen-bond acceptors (Lipinski definition) is 13. The van der Waals surface area contributed by atoms with Gasteiger partial charge in [0.15, 0.2) is 11.8 Å². The average molecular weight is 841 g/mol. The number of pyridine rings is 3. The quantitative estimate of drug-likeness (QED) is 0.159. The summed E-state index contributed by atoms with van der Waals surface area (Å²) < 4.78 is 55.4. The third kappa shape index (κ3) is 7.64. The Bertz CT molecular complexity index is 2730. The standard InChI is InChI=1S/C40H38F2N10O7S/c1-50-35-20-43-14-13-28(35)38(54)52(40(50)56)26-10-9-24(44-19-26)15-33(39(55)59-27-5-3-2-4-6-27)46-37(53)29-16-31(42)32(17-30(29)41)48-60(57-22-58-60)36-12-11-25(18-45-36)51-21-34(47-49-51)23-7-8-23/h9-14,16-21,23,27,33,48H,2-8,15,22H2,1H3,(H,46,53)/t33-/m0/s1. The van der Waals surface area contributed by atoms with E-state index in [1.165, 1.54) is 48.4 Å². The van der Waals surface area contributed by atoms with Crippen molar-refractivity contribution in [2.75, 3.05) is 11.5 Å². The summed E-state index contributed by atoms with van der Waals surface area (Å²) in [7, 11) is -1.32. The fourth-order valence-electron chi connectivity index (χ4n) is 7.22. The van der Waals surface area contributed by atoms with Gasteiger partial charge in [-0.25, -0.2) is 41.0 Å². The zero-order chi connectivity index (χ0) is 41.5. The predicted molar refractivity (Wildman–Crippen MR) is 212 cm³/mol. The minimum absolute atomic E-state index is 0.113. The van der Waals surface area contributed by atoms with E-state index < -0.39 is 57.1 Å². The number of fused-ring (bicyclic) bond motifs is 1. The van der Waals surface area contributed by atoms with Crippen LogP contribution in [-0.4, -0.2) is 69.9 Å². The third-order valence-electron chi connectivity index (χ3n) is 10.7. The Labute approximate surface area is 341 Å². The second kappa shape index (κ2) is 16.0. The van der Waals surface area contributed by atoms with E-state index in [0.29, 0.717) is 41.1 Å². The van der Waals surface area contributed by atoms with E-state index in [-0.39, 0.29) is 41.8 Å². The summed E-state index contributed by atoms with van der Waals surface area (Å²) in [6.45, 7) is -0.113. The topological polar surface area (TPSA) is 199 Å². The van der Waals surface area contributed by atoms with Gasteiger partial charge in [-0.05, 0) is 74.9 Å². The van der Waals surface area contributed by atoms with Gasteiger partial charge in [0.05, 0.1) is 64.0 Å². The zero-order valence-corrected chi connectivity index (χ0v) is 32.9. The number of anilines is 1. The highest BCUT2D eigenvalue weighted by molar-refractivity contribution is 8.27. The summed E-state index contributed by atoms with van der Waals surface area (Å²) in [5.74, 6) is -3.51. The van der Waals surface area contributed by atoms with Crippen molar-refractivity contribution in [2.45, 2.75) is 74.5 Å². The number of aryl methyl sites for hydroxylation is 1. The maximum absolute atomic E-state index is 15.8. The Morgan fingerprint density at radius 1 is 0.950 bits per heavy atom. The van der Waals surface area contributed by atoms with Gasteiger partial charge < -0.3 is 10.1 Å². The van der Waals surface area contributed by atoms with Crippen LogP contribution in [0.1, 0.15) is 72.6 Å². The van der Waals surface area contributed by atoms with Crippen LogP contribution in [0, 0.1) is 11.6 Å². The van der Waals surface area contributed by atoms with Gasteiger partial charge in [-0.3, -0.25) is 28.8 Å². The first-order valence-electron chi connectivity index (χ1n) is 19.4. The minimum Gasteiger partial charge on any atom is -0.461 e. The first kappa shape index (κ1) is 39.1. The molecule has 6 heterocycles. The number of hydrogen-bond donors (Lipinski definition) is 2. The van der Waals surface area contributed by atoms with Crippen molar-refractivity contribution in [3.8, 4) is 11.4 Å². The highest BCUT2D eigenvalue weighted by atomic mass is 32.3. The van der Waals surface area contributed by atoms with Crippen LogP contribution < -0.4 is 21.3 Å². The van der Waals surface area contributed by atoms with Crippen molar-refractivity contribution in [2.24, 2.45) is 7.05 Å². The number of carbonyl (C=O) groups excluding carboxylic acids is 2. The summed E-state index contributed by atoms with van der Waals surface area (Å²) in [6, 6.07) is 8.00. The Morgan fingerprint density at radius 3 is 2.43 bits per heavy atom. The molecule has 3 fully saturated rings. The maximum atomic E-state index is 15.8. The van der Waals surface area contributed by atoms with Gasteiger partial charge >= 0.3 is 11.7 Å². The first-order valence-corrected chi connectivity index (χ1v) is 20.9. The van der Waals surface area contributed by atoms with E-state index in [2.05, 4.69) is 35.3 Å². The van der Waals surface area contributed by atoms with Gasteiger partial charge in [0.2, 0.25) is 0 Å². The van der Waals surface area contributed by atoms with E-state index in [4.69, 9.17) is 13.1 Å². The number of carbonyl (C=O) groups is 2. The minimum atomic E-state index is -2.84. The summed E-state index contributed by atoms with van der Waals surface area (Å²) in [6.07, 6.45) is 13.2. The largest absolute Gasteiger partial charge is 0.461 e. The number of esters is 1. The van der Waals surface area contributed by atoms with Crippen LogP contribution in [0.2, 0.25) is 0 Å². The number of nitrogens with one attached hydrogen (secondary N) is 2. The lowest BCUT2D eigenvalue weighted by atomic mass is 9.97. The fraction of sp³-hybridized carbons (Fsp3) is 0.325. The Morgan fingerprint density at radius 2 is 1.73 bits per heavy atom. The molecule has 1 saturated heterocycles. The molecule has 1 amide bonds. The number of ether oxygens (including phenoxy) is 1. The molecule has 1 atom stereocenters. The normalized spacial score (nSPS) is 17.4. The van der Waals surface area contributed by atoms with Crippen molar-refractivity contribution in [3.05, 3.63) is 123 Å². The van der Waals surface area contributed by atoms with Crippen LogP contribution in [-0.2, 0) is 31.4 Å². The van der Waals surface area contributed by atoms with Gasteiger partial charge in [-0.2, -0.15) is 0 Å². The van der Waals surface area contributed by atoms with Gasteiger partial charge in [0.1, 0.15) is 23.8 Å². The lowest BCUT2D eigenvalue weighted by molar-refractivity contribution is -0.152. The van der Waals surface area contributed by atoms with Gasteiger partial charge in [0.25, 0.3) is 11.5 Å². The van der Waals surface area contributed by atoms with Crippen LogP contribution in [0.3, 0.4) is 0 Å². The van der Waals surface area contributed by atoms with E-state index in [1.54, 1.807) is 23.0 Å². The lowest BCUT2D eigenvalue weighted by Crippen LogP contribution is -2.45. The Kier molecular flexibility index (Phi) is 10.4. The molecule has 0 bridgehead atoms. The number of benzene rings is 1. The fourth-order valence-corrected chi connectivity index (χ4v) is 8.85. The number of aromatic nitrogens is 8. The lowest BCUT2D eigenvalue weighted by Gasteiger charge is -2.48. The van der Waals surface area contributed by atoms with Crippen LogP contribution in [0.4, 0.5) is 14.5 Å². The molecule has 2 saturated carbocycles. The molecule has 60 heavy (non-hydrogen) atoms. The van der Waals surface area contributed by atoms with Crippen LogP contribution in [0.25, 0.3) is 22.3 Å². The molecule has 2 N–H and O–H groups in total. The van der Waals surface area contributed by atoms with Crippen molar-refractivity contribution in [1.29, 1.82) is 0 Å². The van der Waals surface area contributed by atoms with E-state index in [9.17, 15) is 19.2 Å². The Balaban J connectivity index is 0.931. The van der Waals surface area contributed by atoms with Crippen LogP contribution in [0.15, 0.2) is 88.1 Å². The van der Waals surface area contributed by atoms with E-state index >= 15 is 8.78 Å². The molecule has 2 aliphatic carbocycles. The molecule has 0 spiro atoms. The zero-order valence-electron chi connectivity index (χ0n) is 32.1. The van der Waals surface area contributed by atoms with Crippen molar-refractivity contribution in [3.63, 3.8) is 0 Å². The second-order valence-corrected chi connectivity index (χ2v) is 16.9.